The van der Waals surface area contributed by atoms with E-state index >= 15 is 0 Å². The minimum absolute atomic E-state index is 0.206. The Morgan fingerprint density at radius 2 is 2.39 bits per heavy atom. The summed E-state index contributed by atoms with van der Waals surface area (Å²) < 4.78 is 12.7. The highest BCUT2D eigenvalue weighted by molar-refractivity contribution is 5.74. The number of imidazole rings is 1. The first-order valence-electron chi connectivity index (χ1n) is 6.06. The maximum atomic E-state index is 5.94. The molecule has 1 aliphatic heterocycles. The SMILES string of the molecule is COc1ccc2nc(N)n(CC3CCCO3)c2n1. The first-order chi connectivity index (χ1) is 8.78. The van der Waals surface area contributed by atoms with E-state index in [1.165, 1.54) is 0 Å². The van der Waals surface area contributed by atoms with Gasteiger partial charge >= 0.3 is 0 Å². The molecule has 3 rings (SSSR count). The van der Waals surface area contributed by atoms with E-state index in [0.717, 1.165) is 30.6 Å². The van der Waals surface area contributed by atoms with E-state index in [2.05, 4.69) is 9.97 Å². The van der Waals surface area contributed by atoms with E-state index in [1.54, 1.807) is 13.2 Å². The third-order valence-electron chi connectivity index (χ3n) is 3.22. The summed E-state index contributed by atoms with van der Waals surface area (Å²) in [7, 11) is 1.60. The number of aromatic nitrogens is 3. The highest BCUT2D eigenvalue weighted by atomic mass is 16.5. The molecule has 6 nitrogen and oxygen atoms in total. The summed E-state index contributed by atoms with van der Waals surface area (Å²) in [6, 6.07) is 3.65. The molecule has 1 saturated heterocycles. The highest BCUT2D eigenvalue weighted by Gasteiger charge is 2.19. The molecule has 96 valence electrons. The second kappa shape index (κ2) is 4.45. The molecule has 0 spiro atoms. The lowest BCUT2D eigenvalue weighted by Crippen LogP contribution is -2.16. The van der Waals surface area contributed by atoms with E-state index in [0.29, 0.717) is 18.4 Å². The number of pyridine rings is 1. The van der Waals surface area contributed by atoms with Crippen molar-refractivity contribution in [2.45, 2.75) is 25.5 Å². The van der Waals surface area contributed by atoms with Crippen molar-refractivity contribution in [3.63, 3.8) is 0 Å². The monoisotopic (exact) mass is 248 g/mol. The fourth-order valence-corrected chi connectivity index (χ4v) is 2.29. The van der Waals surface area contributed by atoms with Crippen molar-refractivity contribution >= 4 is 17.1 Å². The molecule has 3 heterocycles. The lowest BCUT2D eigenvalue weighted by Gasteiger charge is -2.11. The van der Waals surface area contributed by atoms with Crippen molar-refractivity contribution in [2.24, 2.45) is 0 Å². The Labute approximate surface area is 105 Å². The summed E-state index contributed by atoms with van der Waals surface area (Å²) in [5.74, 6) is 1.04. The zero-order valence-electron chi connectivity index (χ0n) is 10.3. The summed E-state index contributed by atoms with van der Waals surface area (Å²) in [5, 5.41) is 0. The fourth-order valence-electron chi connectivity index (χ4n) is 2.29. The van der Waals surface area contributed by atoms with Gasteiger partial charge in [0.25, 0.3) is 0 Å². The van der Waals surface area contributed by atoms with Gasteiger partial charge in [-0.2, -0.15) is 4.98 Å². The molecular weight excluding hydrogens is 232 g/mol. The Bertz CT molecular complexity index is 560. The number of nitrogens with two attached hydrogens (primary N) is 1. The van der Waals surface area contributed by atoms with E-state index in [-0.39, 0.29) is 6.10 Å². The van der Waals surface area contributed by atoms with Crippen LogP contribution >= 0.6 is 0 Å². The van der Waals surface area contributed by atoms with Crippen LogP contribution < -0.4 is 10.5 Å². The van der Waals surface area contributed by atoms with Crippen molar-refractivity contribution in [1.82, 2.24) is 14.5 Å². The number of rotatable bonds is 3. The van der Waals surface area contributed by atoms with Crippen LogP contribution in [0.3, 0.4) is 0 Å². The van der Waals surface area contributed by atoms with Crippen molar-refractivity contribution in [3.05, 3.63) is 12.1 Å². The summed E-state index contributed by atoms with van der Waals surface area (Å²) in [6.07, 6.45) is 2.37. The normalized spacial score (nSPS) is 19.5. The molecular formula is C12H16N4O2. The van der Waals surface area contributed by atoms with E-state index < -0.39 is 0 Å². The minimum atomic E-state index is 0.206. The summed E-state index contributed by atoms with van der Waals surface area (Å²) in [6.45, 7) is 1.52. The van der Waals surface area contributed by atoms with E-state index in [4.69, 9.17) is 15.2 Å². The molecule has 1 fully saturated rings. The fraction of sp³-hybridized carbons (Fsp3) is 0.500. The molecule has 1 unspecified atom stereocenters. The topological polar surface area (TPSA) is 75.2 Å². The van der Waals surface area contributed by atoms with Crippen LogP contribution in [0.1, 0.15) is 12.8 Å². The molecule has 1 aliphatic rings. The highest BCUT2D eigenvalue weighted by Crippen LogP contribution is 2.22. The molecule has 0 amide bonds. The van der Waals surface area contributed by atoms with Gasteiger partial charge in [0.1, 0.15) is 5.52 Å². The van der Waals surface area contributed by atoms with Crippen LogP contribution in [-0.4, -0.2) is 34.4 Å². The van der Waals surface area contributed by atoms with Crippen LogP contribution in [0.25, 0.3) is 11.2 Å². The lowest BCUT2D eigenvalue weighted by atomic mass is 10.2. The first kappa shape index (κ1) is 11.3. The minimum Gasteiger partial charge on any atom is -0.481 e. The Kier molecular flexibility index (Phi) is 2.79. The third-order valence-corrected chi connectivity index (χ3v) is 3.22. The molecule has 0 bridgehead atoms. The van der Waals surface area contributed by atoms with Gasteiger partial charge < -0.3 is 15.2 Å². The van der Waals surface area contributed by atoms with Crippen molar-refractivity contribution in [2.75, 3.05) is 19.5 Å². The van der Waals surface area contributed by atoms with Gasteiger partial charge in [0.15, 0.2) is 5.65 Å². The molecule has 1 atom stereocenters. The van der Waals surface area contributed by atoms with Gasteiger partial charge in [-0.15, -0.1) is 0 Å². The number of hydrogen-bond acceptors (Lipinski definition) is 5. The third kappa shape index (κ3) is 1.88. The van der Waals surface area contributed by atoms with Gasteiger partial charge in [-0.05, 0) is 18.9 Å². The van der Waals surface area contributed by atoms with Crippen LogP contribution in [-0.2, 0) is 11.3 Å². The second-order valence-corrected chi connectivity index (χ2v) is 4.41. The molecule has 0 radical (unpaired) electrons. The van der Waals surface area contributed by atoms with Crippen LogP contribution in [0.4, 0.5) is 5.95 Å². The van der Waals surface area contributed by atoms with Crippen LogP contribution in [0.5, 0.6) is 5.88 Å². The average molecular weight is 248 g/mol. The molecule has 6 heteroatoms. The predicted molar refractivity (Wildman–Crippen MR) is 67.5 cm³/mol. The molecule has 2 aromatic rings. The number of methoxy groups -OCH3 is 1. The van der Waals surface area contributed by atoms with Gasteiger partial charge in [0.2, 0.25) is 11.8 Å². The number of fused-ring (bicyclic) bond motifs is 1. The quantitative estimate of drug-likeness (QED) is 0.883. The second-order valence-electron chi connectivity index (χ2n) is 4.41. The predicted octanol–water partition coefficient (Wildman–Crippen LogP) is 1.20. The summed E-state index contributed by atoms with van der Waals surface area (Å²) in [4.78, 5) is 8.70. The van der Waals surface area contributed by atoms with Gasteiger partial charge in [-0.25, -0.2) is 4.98 Å². The Hall–Kier alpha value is -1.82. The molecule has 0 aliphatic carbocycles. The van der Waals surface area contributed by atoms with E-state index in [1.807, 2.05) is 10.6 Å². The molecule has 2 aromatic heterocycles. The summed E-state index contributed by atoms with van der Waals surface area (Å²) >= 11 is 0. The van der Waals surface area contributed by atoms with Gasteiger partial charge in [0, 0.05) is 12.7 Å². The largest absolute Gasteiger partial charge is 0.481 e. The van der Waals surface area contributed by atoms with E-state index in [9.17, 15) is 0 Å². The lowest BCUT2D eigenvalue weighted by molar-refractivity contribution is 0.0982. The number of hydrogen-bond donors (Lipinski definition) is 1. The molecule has 0 aromatic carbocycles. The Balaban J connectivity index is 2.00. The molecule has 0 saturated carbocycles. The van der Waals surface area contributed by atoms with Gasteiger partial charge in [-0.3, -0.25) is 4.57 Å². The first-order valence-corrected chi connectivity index (χ1v) is 6.06. The van der Waals surface area contributed by atoms with Crippen LogP contribution in [0, 0.1) is 0 Å². The number of ether oxygens (including phenoxy) is 2. The standard InChI is InChI=1S/C12H16N4O2/c1-17-10-5-4-9-11(15-10)16(12(13)14-9)7-8-3-2-6-18-8/h4-5,8H,2-3,6-7H2,1H3,(H2,13,14). The maximum absolute atomic E-state index is 5.94. The number of nitrogens with zero attached hydrogens (tertiary/aromatic N) is 3. The number of nitrogen functional groups attached to an aromatic ring is 1. The number of anilines is 1. The van der Waals surface area contributed by atoms with Crippen molar-refractivity contribution in [1.29, 1.82) is 0 Å². The van der Waals surface area contributed by atoms with Gasteiger partial charge in [0.05, 0.1) is 19.8 Å². The smallest absolute Gasteiger partial charge is 0.215 e. The summed E-state index contributed by atoms with van der Waals surface area (Å²) in [5.41, 5.74) is 7.47. The zero-order valence-corrected chi connectivity index (χ0v) is 10.3. The molecule has 18 heavy (non-hydrogen) atoms. The van der Waals surface area contributed by atoms with Crippen LogP contribution in [0.2, 0.25) is 0 Å². The molecule has 2 N–H and O–H groups in total. The van der Waals surface area contributed by atoms with Crippen molar-refractivity contribution < 1.29 is 9.47 Å². The zero-order chi connectivity index (χ0) is 12.5. The van der Waals surface area contributed by atoms with Gasteiger partial charge in [-0.1, -0.05) is 0 Å². The van der Waals surface area contributed by atoms with Crippen LogP contribution in [0.15, 0.2) is 12.1 Å². The maximum Gasteiger partial charge on any atom is 0.215 e. The average Bonchev–Trinajstić information content (AvgIpc) is 2.99. The Morgan fingerprint density at radius 3 is 3.11 bits per heavy atom. The van der Waals surface area contributed by atoms with Crippen molar-refractivity contribution in [3.8, 4) is 5.88 Å². The Morgan fingerprint density at radius 1 is 1.50 bits per heavy atom.